The highest BCUT2D eigenvalue weighted by molar-refractivity contribution is 6.43. The average molecular weight is 401 g/mol. The topological polar surface area (TPSA) is 76.8 Å². The van der Waals surface area contributed by atoms with Gasteiger partial charge in [0, 0.05) is 30.6 Å². The molecule has 0 spiro atoms. The second-order valence-electron chi connectivity index (χ2n) is 7.69. The van der Waals surface area contributed by atoms with Crippen LogP contribution in [0, 0.1) is 11.7 Å². The molecule has 1 fully saturated rings. The first kappa shape index (κ1) is 20.8. The molecule has 1 aliphatic heterocycles. The number of carbonyl (C=O) groups excluding carboxylic acids is 3. The monoisotopic (exact) mass is 401 g/mol. The molecule has 29 heavy (non-hydrogen) atoms. The van der Waals surface area contributed by atoms with Gasteiger partial charge in [-0.2, -0.15) is 0 Å². The van der Waals surface area contributed by atoms with Crippen LogP contribution in [0.2, 0.25) is 0 Å². The van der Waals surface area contributed by atoms with Crippen LogP contribution in [0.3, 0.4) is 0 Å². The van der Waals surface area contributed by atoms with Crippen molar-refractivity contribution in [2.45, 2.75) is 46.3 Å². The summed E-state index contributed by atoms with van der Waals surface area (Å²) in [6.07, 6.45) is 0.171. The zero-order valence-corrected chi connectivity index (χ0v) is 16.9. The van der Waals surface area contributed by atoms with Crippen LogP contribution in [0.25, 0.3) is 0 Å². The van der Waals surface area contributed by atoms with E-state index in [4.69, 9.17) is 9.15 Å². The SMILES string of the molecule is CC(C)Oc1cc(F)ccc1Cc1ccc(C(=O)C2CN(C(C)C)C(=O)C2=O)o1. The molecule has 3 rings (SSSR count). The van der Waals surface area contributed by atoms with Gasteiger partial charge in [-0.3, -0.25) is 14.4 Å². The van der Waals surface area contributed by atoms with Crippen molar-refractivity contribution in [1.82, 2.24) is 4.90 Å². The standard InChI is InChI=1S/C22H24FNO5/c1-12(2)24-11-17(21(26)22(24)27)20(25)18-8-7-16(29-18)9-14-5-6-15(23)10-19(14)28-13(3)4/h5-8,10,12-13,17H,9,11H2,1-4H3. The number of hydrogen-bond donors (Lipinski definition) is 0. The van der Waals surface area contributed by atoms with Gasteiger partial charge in [-0.1, -0.05) is 6.07 Å². The van der Waals surface area contributed by atoms with Crippen molar-refractivity contribution >= 4 is 17.5 Å². The Balaban J connectivity index is 1.77. The van der Waals surface area contributed by atoms with Gasteiger partial charge in [-0.05, 0) is 45.9 Å². The lowest BCUT2D eigenvalue weighted by atomic mass is 10.0. The number of rotatable bonds is 7. The molecule has 0 aliphatic carbocycles. The van der Waals surface area contributed by atoms with Gasteiger partial charge < -0.3 is 14.1 Å². The maximum Gasteiger partial charge on any atom is 0.291 e. The Morgan fingerprint density at radius 3 is 2.55 bits per heavy atom. The lowest BCUT2D eigenvalue weighted by Gasteiger charge is -2.19. The Bertz CT molecular complexity index is 946. The van der Waals surface area contributed by atoms with E-state index in [2.05, 4.69) is 0 Å². The Morgan fingerprint density at radius 1 is 1.21 bits per heavy atom. The minimum atomic E-state index is -1.05. The van der Waals surface area contributed by atoms with E-state index in [9.17, 15) is 18.8 Å². The Labute approximate surface area is 168 Å². The fourth-order valence-corrected chi connectivity index (χ4v) is 3.30. The Hall–Kier alpha value is -2.96. The van der Waals surface area contributed by atoms with E-state index in [1.165, 1.54) is 23.1 Å². The highest BCUT2D eigenvalue weighted by Crippen LogP contribution is 2.27. The van der Waals surface area contributed by atoms with Crippen molar-refractivity contribution in [2.75, 3.05) is 6.54 Å². The fourth-order valence-electron chi connectivity index (χ4n) is 3.30. The highest BCUT2D eigenvalue weighted by Gasteiger charge is 2.44. The molecule has 0 radical (unpaired) electrons. The number of likely N-dealkylation sites (tertiary alicyclic amines) is 1. The van der Waals surface area contributed by atoms with Crippen molar-refractivity contribution < 1.29 is 27.9 Å². The molecule has 6 nitrogen and oxygen atoms in total. The molecule has 1 amide bonds. The van der Waals surface area contributed by atoms with Crippen molar-refractivity contribution in [3.8, 4) is 5.75 Å². The first-order valence-corrected chi connectivity index (χ1v) is 9.60. The molecule has 154 valence electrons. The third-order valence-corrected chi connectivity index (χ3v) is 4.77. The molecule has 2 heterocycles. The number of ketones is 2. The molecule has 2 aromatic rings. The summed E-state index contributed by atoms with van der Waals surface area (Å²) in [7, 11) is 0. The molecular formula is C22H24FNO5. The number of benzene rings is 1. The van der Waals surface area contributed by atoms with Crippen LogP contribution in [-0.2, 0) is 16.0 Å². The maximum atomic E-state index is 13.6. The molecule has 1 aliphatic rings. The zero-order chi connectivity index (χ0) is 21.3. The zero-order valence-electron chi connectivity index (χ0n) is 16.9. The van der Waals surface area contributed by atoms with E-state index in [-0.39, 0.29) is 24.5 Å². The average Bonchev–Trinajstić information content (AvgIpc) is 3.22. The summed E-state index contributed by atoms with van der Waals surface area (Å²) in [5.41, 5.74) is 0.714. The first-order chi connectivity index (χ1) is 13.7. The number of furan rings is 1. The molecule has 1 atom stereocenters. The fraction of sp³-hybridized carbons (Fsp3) is 0.409. The number of hydrogen-bond acceptors (Lipinski definition) is 5. The first-order valence-electron chi connectivity index (χ1n) is 9.60. The normalized spacial score (nSPS) is 16.9. The van der Waals surface area contributed by atoms with Crippen molar-refractivity contribution in [2.24, 2.45) is 5.92 Å². The van der Waals surface area contributed by atoms with E-state index in [1.54, 1.807) is 26.0 Å². The number of carbonyl (C=O) groups is 3. The summed E-state index contributed by atoms with van der Waals surface area (Å²) in [4.78, 5) is 38.4. The Morgan fingerprint density at radius 2 is 1.93 bits per heavy atom. The van der Waals surface area contributed by atoms with E-state index in [0.717, 1.165) is 0 Å². The molecule has 0 saturated carbocycles. The van der Waals surface area contributed by atoms with Gasteiger partial charge in [0.25, 0.3) is 5.91 Å². The molecule has 1 unspecified atom stereocenters. The lowest BCUT2D eigenvalue weighted by molar-refractivity contribution is -0.141. The van der Waals surface area contributed by atoms with Crippen molar-refractivity contribution in [3.05, 3.63) is 53.2 Å². The van der Waals surface area contributed by atoms with E-state index >= 15 is 0 Å². The number of nitrogens with zero attached hydrogens (tertiary/aromatic N) is 1. The predicted octanol–water partition coefficient (Wildman–Crippen LogP) is 3.42. The second kappa shape index (κ2) is 8.19. The molecule has 0 bridgehead atoms. The van der Waals surface area contributed by atoms with Crippen molar-refractivity contribution in [3.63, 3.8) is 0 Å². The largest absolute Gasteiger partial charge is 0.491 e. The molecule has 1 aromatic heterocycles. The summed E-state index contributed by atoms with van der Waals surface area (Å²) in [6, 6.07) is 7.23. The number of amides is 1. The summed E-state index contributed by atoms with van der Waals surface area (Å²) in [5, 5.41) is 0. The maximum absolute atomic E-state index is 13.6. The summed E-state index contributed by atoms with van der Waals surface area (Å²) < 4.78 is 24.9. The minimum Gasteiger partial charge on any atom is -0.491 e. The summed E-state index contributed by atoms with van der Waals surface area (Å²) in [6.45, 7) is 7.34. The van der Waals surface area contributed by atoms with Gasteiger partial charge in [-0.25, -0.2) is 4.39 Å². The van der Waals surface area contributed by atoms with Gasteiger partial charge in [0.05, 0.1) is 6.10 Å². The number of ether oxygens (including phenoxy) is 1. The Kier molecular flexibility index (Phi) is 5.86. The minimum absolute atomic E-state index is 0.0326. The van der Waals surface area contributed by atoms with Crippen LogP contribution in [0.15, 0.2) is 34.7 Å². The van der Waals surface area contributed by atoms with Gasteiger partial charge in [-0.15, -0.1) is 0 Å². The second-order valence-corrected chi connectivity index (χ2v) is 7.69. The number of Topliss-reactive ketones (excluding diaryl/α,β-unsaturated/α-hetero) is 2. The van der Waals surface area contributed by atoms with Gasteiger partial charge >= 0.3 is 0 Å². The van der Waals surface area contributed by atoms with E-state index < -0.39 is 29.2 Å². The quantitative estimate of drug-likeness (QED) is 0.404. The number of halogens is 1. The predicted molar refractivity (Wildman–Crippen MR) is 103 cm³/mol. The van der Waals surface area contributed by atoms with Crippen LogP contribution >= 0.6 is 0 Å². The third kappa shape index (κ3) is 4.39. The summed E-state index contributed by atoms with van der Waals surface area (Å²) >= 11 is 0. The molecule has 0 N–H and O–H groups in total. The van der Waals surface area contributed by atoms with Gasteiger partial charge in [0.2, 0.25) is 11.6 Å². The van der Waals surface area contributed by atoms with Crippen LogP contribution in [0.1, 0.15) is 49.6 Å². The van der Waals surface area contributed by atoms with E-state index in [0.29, 0.717) is 23.5 Å². The molecule has 1 aromatic carbocycles. The van der Waals surface area contributed by atoms with E-state index in [1.807, 2.05) is 13.8 Å². The summed E-state index contributed by atoms with van der Waals surface area (Å²) in [5.74, 6) is -2.37. The van der Waals surface area contributed by atoms with Gasteiger partial charge in [0.15, 0.2) is 5.76 Å². The van der Waals surface area contributed by atoms with Crippen LogP contribution < -0.4 is 4.74 Å². The third-order valence-electron chi connectivity index (χ3n) is 4.77. The van der Waals surface area contributed by atoms with Crippen LogP contribution in [0.5, 0.6) is 5.75 Å². The van der Waals surface area contributed by atoms with Gasteiger partial charge in [0.1, 0.15) is 23.2 Å². The lowest BCUT2D eigenvalue weighted by Crippen LogP contribution is -2.33. The highest BCUT2D eigenvalue weighted by atomic mass is 19.1. The smallest absolute Gasteiger partial charge is 0.291 e. The molecule has 7 heteroatoms. The van der Waals surface area contributed by atoms with Crippen LogP contribution in [-0.4, -0.2) is 41.1 Å². The molecular weight excluding hydrogens is 377 g/mol. The van der Waals surface area contributed by atoms with Crippen LogP contribution in [0.4, 0.5) is 4.39 Å². The molecule has 1 saturated heterocycles. The van der Waals surface area contributed by atoms with Crippen molar-refractivity contribution in [1.29, 1.82) is 0 Å².